The summed E-state index contributed by atoms with van der Waals surface area (Å²) < 4.78 is 10.9. The monoisotopic (exact) mass is 334 g/mol. The van der Waals surface area contributed by atoms with Crippen molar-refractivity contribution in [3.63, 3.8) is 0 Å². The third-order valence-electron chi connectivity index (χ3n) is 2.00. The molecular formula is C10H23O2PS2Zn. The van der Waals surface area contributed by atoms with Crippen LogP contribution in [-0.4, -0.2) is 13.2 Å². The van der Waals surface area contributed by atoms with Gasteiger partial charge in [0.2, 0.25) is 5.69 Å². The van der Waals surface area contributed by atoms with Gasteiger partial charge >= 0.3 is 0 Å². The van der Waals surface area contributed by atoms with Gasteiger partial charge in [-0.3, -0.25) is 0 Å². The van der Waals surface area contributed by atoms with Gasteiger partial charge in [0.15, 0.2) is 0 Å². The predicted molar refractivity (Wildman–Crippen MR) is 74.2 cm³/mol. The molecule has 0 amide bonds. The Bertz CT molecular complexity index is 194. The first-order valence-corrected chi connectivity index (χ1v) is 9.53. The average molecular weight is 336 g/mol. The fraction of sp³-hybridized carbons (Fsp3) is 1.00. The molecule has 0 bridgehead atoms. The molecule has 0 spiro atoms. The van der Waals surface area contributed by atoms with E-state index in [1.165, 1.54) is 19.3 Å². The minimum absolute atomic E-state index is 0. The van der Waals surface area contributed by atoms with Crippen LogP contribution in [0.5, 0.6) is 0 Å². The van der Waals surface area contributed by atoms with Crippen molar-refractivity contribution in [1.82, 2.24) is 0 Å². The molecule has 1 atom stereocenters. The van der Waals surface area contributed by atoms with Crippen molar-refractivity contribution in [1.29, 1.82) is 0 Å². The molecule has 2 nitrogen and oxygen atoms in total. The molecule has 0 aromatic carbocycles. The summed E-state index contributed by atoms with van der Waals surface area (Å²) in [5.41, 5.74) is -2.24. The Morgan fingerprint density at radius 1 is 0.938 bits per heavy atom. The molecule has 6 heteroatoms. The second-order valence-corrected chi connectivity index (χ2v) is 8.84. The largest absolute Gasteiger partial charge is 0.322 e. The molecule has 0 aliphatic carbocycles. The van der Waals surface area contributed by atoms with Crippen molar-refractivity contribution in [2.24, 2.45) is 0 Å². The van der Waals surface area contributed by atoms with Crippen LogP contribution in [0.15, 0.2) is 0 Å². The molecule has 0 fully saturated rings. The molecule has 0 radical (unpaired) electrons. The van der Waals surface area contributed by atoms with E-state index in [-0.39, 0.29) is 19.5 Å². The fourth-order valence-corrected chi connectivity index (χ4v) is 2.80. The molecule has 1 unspecified atom stereocenters. The molecule has 16 heavy (non-hydrogen) atoms. The molecule has 0 saturated carbocycles. The molecule has 0 saturated heterocycles. The summed E-state index contributed by atoms with van der Waals surface area (Å²) in [7, 11) is 0. The van der Waals surface area contributed by atoms with E-state index in [1.807, 2.05) is 0 Å². The molecule has 0 aromatic heterocycles. The summed E-state index contributed by atoms with van der Waals surface area (Å²) in [6.07, 6.45) is 6.90. The maximum atomic E-state index is 5.49. The Morgan fingerprint density at radius 3 is 1.94 bits per heavy atom. The van der Waals surface area contributed by atoms with Crippen molar-refractivity contribution >= 4 is 29.7 Å². The molecule has 94 valence electrons. The van der Waals surface area contributed by atoms with Gasteiger partial charge in [0.25, 0.3) is 0 Å². The normalized spacial score (nSPS) is 14.2. The third-order valence-corrected chi connectivity index (χ3v) is 4.35. The zero-order valence-corrected chi connectivity index (χ0v) is 16.1. The van der Waals surface area contributed by atoms with E-state index in [2.05, 4.69) is 26.1 Å². The Labute approximate surface area is 123 Å². The summed E-state index contributed by atoms with van der Waals surface area (Å²) in [5, 5.41) is 0. The average Bonchev–Trinajstić information content (AvgIpc) is 2.17. The quantitative estimate of drug-likeness (QED) is 0.273. The second kappa shape index (κ2) is 13.0. The van der Waals surface area contributed by atoms with Gasteiger partial charge in [-0.25, -0.2) is 0 Å². The van der Waals surface area contributed by atoms with Gasteiger partial charge in [-0.2, -0.15) is 0 Å². The zero-order valence-electron chi connectivity index (χ0n) is 10.5. The first kappa shape index (κ1) is 19.9. The van der Waals surface area contributed by atoms with Crippen molar-refractivity contribution < 1.29 is 28.5 Å². The molecule has 0 aromatic rings. The van der Waals surface area contributed by atoms with E-state index in [9.17, 15) is 0 Å². The smallest absolute Gasteiger partial charge is 0.244 e. The first-order valence-electron chi connectivity index (χ1n) is 5.74. The van der Waals surface area contributed by atoms with Gasteiger partial charge in [-0.05, 0) is 24.6 Å². The van der Waals surface area contributed by atoms with Crippen LogP contribution >= 0.6 is 17.9 Å². The summed E-state index contributed by atoms with van der Waals surface area (Å²) in [5.74, 6) is 0. The van der Waals surface area contributed by atoms with Crippen LogP contribution in [-0.2, 0) is 40.3 Å². The van der Waals surface area contributed by atoms with Gasteiger partial charge in [0, 0.05) is 19.5 Å². The van der Waals surface area contributed by atoms with Crippen LogP contribution in [0.2, 0.25) is 0 Å². The molecule has 0 N–H and O–H groups in total. The van der Waals surface area contributed by atoms with Crippen molar-refractivity contribution in [2.75, 3.05) is 13.2 Å². The van der Waals surface area contributed by atoms with E-state index < -0.39 is 5.69 Å². The van der Waals surface area contributed by atoms with Crippen molar-refractivity contribution in [3.05, 3.63) is 0 Å². The standard InChI is InChI=1S/C10H23O2PS2.Zn/c1-3-5-7-8-10-12-13(14,15)11-9-6-4-2;/h3-10H2,1-2H3,(H,14,15);. The van der Waals surface area contributed by atoms with Crippen LogP contribution in [0, 0.1) is 0 Å². The molecular weight excluding hydrogens is 313 g/mol. The van der Waals surface area contributed by atoms with E-state index in [0.29, 0.717) is 13.2 Å². The minimum Gasteiger partial charge on any atom is -0.322 e. The predicted octanol–water partition coefficient (Wildman–Crippen LogP) is 4.55. The van der Waals surface area contributed by atoms with E-state index >= 15 is 0 Å². The van der Waals surface area contributed by atoms with E-state index in [4.69, 9.17) is 20.9 Å². The summed E-state index contributed by atoms with van der Waals surface area (Å²) in [4.78, 5) is 0. The number of unbranched alkanes of at least 4 members (excludes halogenated alkanes) is 4. The van der Waals surface area contributed by atoms with Crippen LogP contribution in [0.4, 0.5) is 0 Å². The maximum absolute atomic E-state index is 5.49. The maximum Gasteiger partial charge on any atom is 0.244 e. The van der Waals surface area contributed by atoms with E-state index in [1.54, 1.807) is 0 Å². The van der Waals surface area contributed by atoms with Crippen molar-refractivity contribution in [3.8, 4) is 0 Å². The first-order chi connectivity index (χ1) is 7.12. The molecule has 0 aliphatic rings. The summed E-state index contributed by atoms with van der Waals surface area (Å²) in [6.45, 7) is 5.67. The third kappa shape index (κ3) is 13.6. The SMILES string of the molecule is CCCCCCOP(=S)(S)OCCCC.[Zn]. The summed E-state index contributed by atoms with van der Waals surface area (Å²) in [6, 6.07) is 0. The number of hydrogen-bond donors (Lipinski definition) is 1. The van der Waals surface area contributed by atoms with Crippen LogP contribution in [0.1, 0.15) is 52.4 Å². The fourth-order valence-electron chi connectivity index (χ4n) is 1.07. The number of hydrogen-bond acceptors (Lipinski definition) is 3. The van der Waals surface area contributed by atoms with Crippen LogP contribution in [0.25, 0.3) is 0 Å². The Morgan fingerprint density at radius 2 is 1.44 bits per heavy atom. The Balaban J connectivity index is 0. The Hall–Kier alpha value is 1.54. The van der Waals surface area contributed by atoms with Gasteiger partial charge in [-0.15, -0.1) is 0 Å². The van der Waals surface area contributed by atoms with Gasteiger partial charge in [0.05, 0.1) is 13.2 Å². The zero-order chi connectivity index (χ0) is 11.6. The molecule has 0 aliphatic heterocycles. The Kier molecular flexibility index (Phi) is 16.1. The summed E-state index contributed by atoms with van der Waals surface area (Å²) >= 11 is 9.43. The second-order valence-electron chi connectivity index (χ2n) is 3.55. The van der Waals surface area contributed by atoms with Gasteiger partial charge in [-0.1, -0.05) is 51.8 Å². The van der Waals surface area contributed by atoms with E-state index in [0.717, 1.165) is 19.3 Å². The molecule has 0 heterocycles. The van der Waals surface area contributed by atoms with Crippen molar-refractivity contribution in [2.45, 2.75) is 52.4 Å². The number of thiol groups is 1. The van der Waals surface area contributed by atoms with Gasteiger partial charge in [0.1, 0.15) is 0 Å². The minimum atomic E-state index is -2.24. The van der Waals surface area contributed by atoms with Crippen LogP contribution in [0.3, 0.4) is 0 Å². The molecule has 0 rings (SSSR count). The van der Waals surface area contributed by atoms with Crippen LogP contribution < -0.4 is 0 Å². The number of rotatable bonds is 10. The topological polar surface area (TPSA) is 18.5 Å². The van der Waals surface area contributed by atoms with Gasteiger partial charge < -0.3 is 9.05 Å².